The number of imidazole rings is 1. The summed E-state index contributed by atoms with van der Waals surface area (Å²) in [6.45, 7) is 5.51. The number of halogens is 2. The van der Waals surface area contributed by atoms with Crippen molar-refractivity contribution in [3.8, 4) is 22.9 Å². The van der Waals surface area contributed by atoms with Crippen LogP contribution in [-0.4, -0.2) is 43.8 Å². The van der Waals surface area contributed by atoms with Crippen LogP contribution < -0.4 is 15.4 Å². The summed E-state index contributed by atoms with van der Waals surface area (Å²) in [5.41, 5.74) is 3.04. The second-order valence-corrected chi connectivity index (χ2v) is 10.3. The van der Waals surface area contributed by atoms with Crippen LogP contribution in [0.2, 0.25) is 5.02 Å². The molecule has 0 aliphatic heterocycles. The standard InChI is InChI=1S/C27H27ClFN5O3/c1-15-10-16(4-8-19(15)26(35)32-17-5-6-17)23-13-30-25-22(31-14-27(2,3)36)12-24(33-34(23)25)37-18-7-9-20(28)21(29)11-18/h4,7-13,17,31,36H,5-6,14H2,1-3H3,(H,32,35). The fourth-order valence-corrected chi connectivity index (χ4v) is 3.98. The van der Waals surface area contributed by atoms with Crippen LogP contribution in [0.5, 0.6) is 11.6 Å². The van der Waals surface area contributed by atoms with Gasteiger partial charge in [-0.3, -0.25) is 4.79 Å². The second kappa shape index (κ2) is 9.64. The molecule has 0 atom stereocenters. The summed E-state index contributed by atoms with van der Waals surface area (Å²) in [7, 11) is 0. The number of fused-ring (bicyclic) bond motifs is 1. The first-order valence-electron chi connectivity index (χ1n) is 12.0. The number of nitrogens with one attached hydrogen (secondary N) is 2. The zero-order valence-electron chi connectivity index (χ0n) is 20.7. The van der Waals surface area contributed by atoms with E-state index in [9.17, 15) is 14.3 Å². The number of amides is 1. The number of hydrogen-bond donors (Lipinski definition) is 3. The second-order valence-electron chi connectivity index (χ2n) is 9.90. The molecule has 2 aromatic carbocycles. The molecule has 2 heterocycles. The van der Waals surface area contributed by atoms with Gasteiger partial charge in [0.25, 0.3) is 5.91 Å². The Morgan fingerprint density at radius 1 is 1.24 bits per heavy atom. The van der Waals surface area contributed by atoms with Crippen LogP contribution in [0.3, 0.4) is 0 Å². The van der Waals surface area contributed by atoms with Crippen LogP contribution in [0.15, 0.2) is 48.7 Å². The van der Waals surface area contributed by atoms with Crippen LogP contribution in [-0.2, 0) is 0 Å². The maximum atomic E-state index is 14.0. The highest BCUT2D eigenvalue weighted by Gasteiger charge is 2.25. The minimum Gasteiger partial charge on any atom is -0.437 e. The maximum absolute atomic E-state index is 14.0. The van der Waals surface area contributed by atoms with Crippen LogP contribution in [0.4, 0.5) is 10.1 Å². The predicted molar refractivity (Wildman–Crippen MR) is 140 cm³/mol. The molecule has 4 aromatic rings. The third-order valence-electron chi connectivity index (χ3n) is 5.95. The Kier molecular flexibility index (Phi) is 6.51. The average molecular weight is 524 g/mol. The number of ether oxygens (including phenoxy) is 1. The van der Waals surface area contributed by atoms with Gasteiger partial charge in [0.1, 0.15) is 11.6 Å². The normalized spacial score (nSPS) is 13.6. The molecule has 0 radical (unpaired) electrons. The van der Waals surface area contributed by atoms with Crippen molar-refractivity contribution >= 4 is 28.8 Å². The number of carbonyl (C=O) groups is 1. The summed E-state index contributed by atoms with van der Waals surface area (Å²) in [4.78, 5) is 17.1. The number of aliphatic hydroxyl groups is 1. The lowest BCUT2D eigenvalue weighted by Crippen LogP contribution is -2.29. The summed E-state index contributed by atoms with van der Waals surface area (Å²) in [5, 5.41) is 21.0. The fraction of sp³-hybridized carbons (Fsp3) is 0.296. The van der Waals surface area contributed by atoms with Crippen molar-refractivity contribution < 1.29 is 19.0 Å². The van der Waals surface area contributed by atoms with Crippen LogP contribution in [0.25, 0.3) is 16.9 Å². The van der Waals surface area contributed by atoms with Gasteiger partial charge in [-0.1, -0.05) is 17.7 Å². The van der Waals surface area contributed by atoms with Crippen molar-refractivity contribution in [1.82, 2.24) is 19.9 Å². The van der Waals surface area contributed by atoms with Gasteiger partial charge in [-0.25, -0.2) is 13.9 Å². The monoisotopic (exact) mass is 523 g/mol. The number of anilines is 1. The highest BCUT2D eigenvalue weighted by molar-refractivity contribution is 6.30. The van der Waals surface area contributed by atoms with Crippen molar-refractivity contribution in [2.24, 2.45) is 0 Å². The number of rotatable bonds is 8. The van der Waals surface area contributed by atoms with E-state index in [1.807, 2.05) is 19.1 Å². The first kappa shape index (κ1) is 25.0. The highest BCUT2D eigenvalue weighted by Crippen LogP contribution is 2.31. The number of aryl methyl sites for hydroxylation is 1. The molecule has 1 amide bonds. The SMILES string of the molecule is Cc1cc(-c2cnc3c(NCC(C)(C)O)cc(Oc4ccc(Cl)c(F)c4)nn23)ccc1C(=O)NC1CC1. The van der Waals surface area contributed by atoms with E-state index in [2.05, 4.69) is 20.7 Å². The zero-order valence-corrected chi connectivity index (χ0v) is 21.4. The van der Waals surface area contributed by atoms with Gasteiger partial charge in [0, 0.05) is 35.8 Å². The number of benzene rings is 2. The molecule has 37 heavy (non-hydrogen) atoms. The minimum absolute atomic E-state index is 0.00943. The summed E-state index contributed by atoms with van der Waals surface area (Å²) >= 11 is 5.80. The Labute approximate surface area is 218 Å². The minimum atomic E-state index is -0.982. The maximum Gasteiger partial charge on any atom is 0.251 e. The molecule has 0 bridgehead atoms. The topological polar surface area (TPSA) is 101 Å². The Morgan fingerprint density at radius 3 is 2.70 bits per heavy atom. The molecule has 1 aliphatic rings. The molecule has 3 N–H and O–H groups in total. The largest absolute Gasteiger partial charge is 0.437 e. The molecule has 1 aliphatic carbocycles. The third-order valence-corrected chi connectivity index (χ3v) is 6.26. The van der Waals surface area contributed by atoms with Gasteiger partial charge < -0.3 is 20.5 Å². The van der Waals surface area contributed by atoms with Crippen molar-refractivity contribution in [3.05, 3.63) is 70.6 Å². The Balaban J connectivity index is 1.54. The Morgan fingerprint density at radius 2 is 2.03 bits per heavy atom. The third kappa shape index (κ3) is 5.68. The fourth-order valence-electron chi connectivity index (χ4n) is 3.86. The number of aromatic nitrogens is 3. The van der Waals surface area contributed by atoms with E-state index in [0.717, 1.165) is 24.0 Å². The smallest absolute Gasteiger partial charge is 0.251 e. The van der Waals surface area contributed by atoms with E-state index in [1.165, 1.54) is 12.1 Å². The number of nitrogens with zero attached hydrogens (tertiary/aromatic N) is 3. The van der Waals surface area contributed by atoms with E-state index in [-0.39, 0.29) is 35.1 Å². The lowest BCUT2D eigenvalue weighted by molar-refractivity contribution is 0.0940. The molecule has 0 spiro atoms. The van der Waals surface area contributed by atoms with Gasteiger partial charge in [-0.05, 0) is 63.4 Å². The average Bonchev–Trinajstić information content (AvgIpc) is 3.54. The predicted octanol–water partition coefficient (Wildman–Crippen LogP) is 5.36. The summed E-state index contributed by atoms with van der Waals surface area (Å²) in [6, 6.07) is 11.6. The van der Waals surface area contributed by atoms with Crippen molar-refractivity contribution in [2.45, 2.75) is 45.3 Å². The molecule has 5 rings (SSSR count). The number of carbonyl (C=O) groups excluding carboxylic acids is 1. The molecule has 1 fully saturated rings. The molecular weight excluding hydrogens is 497 g/mol. The van der Waals surface area contributed by atoms with Gasteiger partial charge >= 0.3 is 0 Å². The molecule has 2 aromatic heterocycles. The highest BCUT2D eigenvalue weighted by atomic mass is 35.5. The lowest BCUT2D eigenvalue weighted by Gasteiger charge is -2.19. The Hall–Kier alpha value is -3.69. The van der Waals surface area contributed by atoms with Crippen LogP contribution in [0.1, 0.15) is 42.6 Å². The van der Waals surface area contributed by atoms with Gasteiger partial charge in [0.2, 0.25) is 5.88 Å². The molecule has 192 valence electrons. The van der Waals surface area contributed by atoms with Crippen LogP contribution in [0, 0.1) is 12.7 Å². The van der Waals surface area contributed by atoms with E-state index in [1.54, 1.807) is 42.8 Å². The zero-order chi connectivity index (χ0) is 26.3. The van der Waals surface area contributed by atoms with Gasteiger partial charge in [0.05, 0.1) is 28.2 Å². The molecule has 0 saturated heterocycles. The number of hydrogen-bond acceptors (Lipinski definition) is 6. The summed E-state index contributed by atoms with van der Waals surface area (Å²) in [6.07, 6.45) is 3.72. The van der Waals surface area contributed by atoms with E-state index < -0.39 is 11.4 Å². The first-order chi connectivity index (χ1) is 17.6. The summed E-state index contributed by atoms with van der Waals surface area (Å²) in [5.74, 6) is -0.272. The molecule has 0 unspecified atom stereocenters. The molecule has 1 saturated carbocycles. The lowest BCUT2D eigenvalue weighted by atomic mass is 10.0. The van der Waals surface area contributed by atoms with Crippen molar-refractivity contribution in [1.29, 1.82) is 0 Å². The van der Waals surface area contributed by atoms with Gasteiger partial charge in [-0.2, -0.15) is 0 Å². The quantitative estimate of drug-likeness (QED) is 0.287. The Bertz CT molecular complexity index is 1490. The van der Waals surface area contributed by atoms with E-state index in [4.69, 9.17) is 16.3 Å². The molecule has 10 heteroatoms. The van der Waals surface area contributed by atoms with Gasteiger partial charge in [-0.15, -0.1) is 5.10 Å². The molecular formula is C27H27ClFN5O3. The van der Waals surface area contributed by atoms with E-state index in [0.29, 0.717) is 22.6 Å². The van der Waals surface area contributed by atoms with Crippen molar-refractivity contribution in [2.75, 3.05) is 11.9 Å². The van der Waals surface area contributed by atoms with Gasteiger partial charge in [0.15, 0.2) is 5.65 Å². The molecule has 8 nitrogen and oxygen atoms in total. The van der Waals surface area contributed by atoms with Crippen LogP contribution >= 0.6 is 11.6 Å². The first-order valence-corrected chi connectivity index (χ1v) is 12.3. The van der Waals surface area contributed by atoms with Crippen molar-refractivity contribution in [3.63, 3.8) is 0 Å². The van der Waals surface area contributed by atoms with E-state index >= 15 is 0 Å². The summed E-state index contributed by atoms with van der Waals surface area (Å²) < 4.78 is 21.5.